The third kappa shape index (κ3) is 9.96. The van der Waals surface area contributed by atoms with E-state index in [-0.39, 0.29) is 17.5 Å². The molecule has 9 heteroatoms. The second-order valence-electron chi connectivity index (χ2n) is 18.5. The van der Waals surface area contributed by atoms with Gasteiger partial charge in [0.2, 0.25) is 0 Å². The van der Waals surface area contributed by atoms with Crippen molar-refractivity contribution in [2.75, 3.05) is 52.9 Å². The summed E-state index contributed by atoms with van der Waals surface area (Å²) in [5.74, 6) is 5.82. The lowest BCUT2D eigenvalue weighted by molar-refractivity contribution is -0.0594. The van der Waals surface area contributed by atoms with Gasteiger partial charge in [0.15, 0.2) is 11.5 Å². The average Bonchev–Trinajstić information content (AvgIpc) is 3.56. The average molecular weight is 785 g/mol. The Bertz CT molecular complexity index is 1690. The zero-order valence-corrected chi connectivity index (χ0v) is 35.3. The fraction of sp³-hybridized carbons (Fsp3) is 0.688. The molecule has 7 rings (SSSR count). The molecular weight excluding hydrogens is 717 g/mol. The fourth-order valence-corrected chi connectivity index (χ4v) is 11.5. The third-order valence-electron chi connectivity index (χ3n) is 14.6. The van der Waals surface area contributed by atoms with E-state index in [1.807, 2.05) is 12.1 Å². The Balaban J connectivity index is 0.923. The molecule has 8 unspecified atom stereocenters. The van der Waals surface area contributed by atoms with Crippen LogP contribution >= 0.6 is 0 Å². The van der Waals surface area contributed by atoms with Gasteiger partial charge in [-0.2, -0.15) is 10.2 Å². The molecule has 1 heterocycles. The van der Waals surface area contributed by atoms with E-state index in [0.717, 1.165) is 54.8 Å². The van der Waals surface area contributed by atoms with Crippen molar-refractivity contribution in [3.8, 4) is 11.5 Å². The van der Waals surface area contributed by atoms with Crippen LogP contribution in [-0.4, -0.2) is 64.9 Å². The summed E-state index contributed by atoms with van der Waals surface area (Å²) in [5, 5.41) is 8.87. The number of fused-ring (bicyclic) bond motifs is 6. The van der Waals surface area contributed by atoms with E-state index in [0.29, 0.717) is 86.7 Å². The number of carbonyl (C=O) groups is 1. The van der Waals surface area contributed by atoms with Gasteiger partial charge in [0.1, 0.15) is 19.3 Å². The van der Waals surface area contributed by atoms with Crippen LogP contribution < -0.4 is 9.47 Å². The van der Waals surface area contributed by atoms with Gasteiger partial charge in [-0.05, 0) is 128 Å². The highest BCUT2D eigenvalue weighted by Gasteiger charge is 2.59. The molecule has 5 aliphatic rings. The number of rotatable bonds is 9. The SMILES string of the molecule is CC(C)CCCC(C)C1CCC2C3CC=C4CC(OC(=O)c5ccc(N=Nc6ccc7c(c6)OCCOCCOCCOCCO7)cc5)CCC4(C)C3CCC12C. The molecule has 57 heavy (non-hydrogen) atoms. The number of esters is 1. The first kappa shape index (κ1) is 41.9. The first-order valence-electron chi connectivity index (χ1n) is 22.2. The van der Waals surface area contributed by atoms with Crippen LogP contribution in [-0.2, 0) is 18.9 Å². The van der Waals surface area contributed by atoms with E-state index in [2.05, 4.69) is 50.9 Å². The van der Waals surface area contributed by atoms with Crippen molar-refractivity contribution in [2.45, 2.75) is 111 Å². The minimum atomic E-state index is -0.268. The van der Waals surface area contributed by atoms with Crippen LogP contribution in [0.5, 0.6) is 11.5 Å². The maximum absolute atomic E-state index is 13.4. The van der Waals surface area contributed by atoms with Gasteiger partial charge >= 0.3 is 5.97 Å². The molecule has 9 nitrogen and oxygen atoms in total. The van der Waals surface area contributed by atoms with Crippen LogP contribution in [0.2, 0.25) is 0 Å². The Hall–Kier alpha value is -3.27. The van der Waals surface area contributed by atoms with Crippen LogP contribution in [0.15, 0.2) is 64.3 Å². The molecule has 0 saturated heterocycles. The van der Waals surface area contributed by atoms with Gasteiger partial charge in [-0.25, -0.2) is 4.79 Å². The van der Waals surface area contributed by atoms with Crippen molar-refractivity contribution in [1.82, 2.24) is 0 Å². The molecule has 0 radical (unpaired) electrons. The summed E-state index contributed by atoms with van der Waals surface area (Å²) in [4.78, 5) is 13.4. The monoisotopic (exact) mass is 785 g/mol. The topological polar surface area (TPSA) is 97.2 Å². The number of ether oxygens (including phenoxy) is 6. The first-order chi connectivity index (χ1) is 27.6. The summed E-state index contributed by atoms with van der Waals surface area (Å²) in [5.41, 5.74) is 4.06. The zero-order valence-electron chi connectivity index (χ0n) is 35.3. The van der Waals surface area contributed by atoms with Gasteiger partial charge < -0.3 is 28.4 Å². The Labute approximate surface area is 341 Å². The number of azo groups is 1. The van der Waals surface area contributed by atoms with Gasteiger partial charge in [-0.3, -0.25) is 0 Å². The molecule has 1 aliphatic heterocycles. The highest BCUT2D eigenvalue weighted by Crippen LogP contribution is 2.67. The minimum absolute atomic E-state index is 0.0816. The van der Waals surface area contributed by atoms with Gasteiger partial charge in [0.05, 0.1) is 56.6 Å². The Morgan fingerprint density at radius 3 is 2.14 bits per heavy atom. The van der Waals surface area contributed by atoms with Crippen LogP contribution in [0.25, 0.3) is 0 Å². The van der Waals surface area contributed by atoms with E-state index in [4.69, 9.17) is 28.4 Å². The van der Waals surface area contributed by atoms with E-state index < -0.39 is 0 Å². The molecular formula is C48H68N2O7. The normalized spacial score (nSPS) is 31.6. The summed E-state index contributed by atoms with van der Waals surface area (Å²) in [6.07, 6.45) is 16.3. The Kier molecular flexibility index (Phi) is 14.1. The van der Waals surface area contributed by atoms with Gasteiger partial charge in [-0.15, -0.1) is 0 Å². The summed E-state index contributed by atoms with van der Waals surface area (Å²) >= 11 is 0. The maximum atomic E-state index is 13.4. The van der Waals surface area contributed by atoms with E-state index in [1.165, 1.54) is 51.4 Å². The number of nitrogens with zero attached hydrogens (tertiary/aromatic N) is 2. The van der Waals surface area contributed by atoms with Crippen LogP contribution in [0.4, 0.5) is 11.4 Å². The molecule has 2 aromatic carbocycles. The predicted octanol–water partition coefficient (Wildman–Crippen LogP) is 11.5. The Morgan fingerprint density at radius 1 is 0.754 bits per heavy atom. The summed E-state index contributed by atoms with van der Waals surface area (Å²) in [6, 6.07) is 12.6. The molecule has 8 atom stereocenters. The first-order valence-corrected chi connectivity index (χ1v) is 22.2. The van der Waals surface area contributed by atoms with Crippen molar-refractivity contribution in [3.63, 3.8) is 0 Å². The standard InChI is InChI=1S/C48H68N2O7/c1-33(2)7-6-8-34(3)41-16-17-42-40-15-11-36-31-39(19-21-47(36,4)43(40)20-22-48(41,42)5)57-46(51)35-9-12-37(13-10-35)49-50-38-14-18-44-45(32-38)56-30-28-54-26-24-52-23-25-53-27-29-55-44/h9-14,18,32-34,39-43H,6-8,15-17,19-31H2,1-5H3. The molecule has 4 aliphatic carbocycles. The lowest BCUT2D eigenvalue weighted by atomic mass is 9.47. The second-order valence-corrected chi connectivity index (χ2v) is 18.5. The van der Waals surface area contributed by atoms with Crippen LogP contribution in [0, 0.1) is 46.3 Å². The van der Waals surface area contributed by atoms with Crippen molar-refractivity contribution in [3.05, 3.63) is 59.7 Å². The van der Waals surface area contributed by atoms with Gasteiger partial charge in [0.25, 0.3) is 0 Å². The fourth-order valence-electron chi connectivity index (χ4n) is 11.5. The lowest BCUT2D eigenvalue weighted by Gasteiger charge is -2.58. The van der Waals surface area contributed by atoms with Crippen LogP contribution in [0.3, 0.4) is 0 Å². The van der Waals surface area contributed by atoms with E-state index >= 15 is 0 Å². The molecule has 0 spiro atoms. The molecule has 3 fully saturated rings. The van der Waals surface area contributed by atoms with Crippen molar-refractivity contribution in [2.24, 2.45) is 56.6 Å². The van der Waals surface area contributed by atoms with Gasteiger partial charge in [-0.1, -0.05) is 65.5 Å². The van der Waals surface area contributed by atoms with E-state index in [9.17, 15) is 4.79 Å². The number of carbonyl (C=O) groups excluding carboxylic acids is 1. The van der Waals surface area contributed by atoms with Crippen LogP contribution in [0.1, 0.15) is 116 Å². The summed E-state index contributed by atoms with van der Waals surface area (Å²) < 4.78 is 34.7. The quantitative estimate of drug-likeness (QED) is 0.142. The molecule has 0 bridgehead atoms. The zero-order chi connectivity index (χ0) is 39.8. The number of allylic oxidation sites excluding steroid dienone is 1. The molecule has 312 valence electrons. The maximum Gasteiger partial charge on any atom is 0.338 e. The summed E-state index contributed by atoms with van der Waals surface area (Å²) in [6.45, 7) is 16.2. The van der Waals surface area contributed by atoms with Crippen molar-refractivity contribution >= 4 is 17.3 Å². The van der Waals surface area contributed by atoms with E-state index in [1.54, 1.807) is 35.9 Å². The highest BCUT2D eigenvalue weighted by atomic mass is 16.6. The summed E-state index contributed by atoms with van der Waals surface area (Å²) in [7, 11) is 0. The van der Waals surface area contributed by atoms with Crippen molar-refractivity contribution < 1.29 is 33.2 Å². The number of benzene rings is 2. The van der Waals surface area contributed by atoms with Crippen molar-refractivity contribution in [1.29, 1.82) is 0 Å². The lowest BCUT2D eigenvalue weighted by Crippen LogP contribution is -2.51. The molecule has 0 aromatic heterocycles. The third-order valence-corrected chi connectivity index (χ3v) is 14.6. The highest BCUT2D eigenvalue weighted by molar-refractivity contribution is 5.89. The molecule has 0 N–H and O–H groups in total. The minimum Gasteiger partial charge on any atom is -0.487 e. The van der Waals surface area contributed by atoms with Gasteiger partial charge in [0, 0.05) is 12.5 Å². The number of hydrogen-bond acceptors (Lipinski definition) is 9. The Morgan fingerprint density at radius 2 is 1.42 bits per heavy atom. The number of hydrogen-bond donors (Lipinski definition) is 0. The smallest absolute Gasteiger partial charge is 0.338 e. The molecule has 3 saturated carbocycles. The second kappa shape index (κ2) is 19.2. The predicted molar refractivity (Wildman–Crippen MR) is 223 cm³/mol. The molecule has 2 aromatic rings. The molecule has 0 amide bonds. The largest absolute Gasteiger partial charge is 0.487 e.